The highest BCUT2D eigenvalue weighted by molar-refractivity contribution is 7.13. The number of aldehydes is 1. The molecule has 0 unspecified atom stereocenters. The molecule has 0 spiro atoms. The number of hydrogen-bond donors (Lipinski definition) is 0. The Morgan fingerprint density at radius 2 is 2.42 bits per heavy atom. The molecule has 12 heavy (non-hydrogen) atoms. The first-order valence-electron chi connectivity index (χ1n) is 3.53. The highest BCUT2D eigenvalue weighted by Gasteiger charge is 1.95. The van der Waals surface area contributed by atoms with Gasteiger partial charge in [0.05, 0.1) is 4.88 Å². The molecule has 2 nitrogen and oxygen atoms in total. The van der Waals surface area contributed by atoms with Gasteiger partial charge in [0.25, 0.3) is 0 Å². The maximum atomic E-state index is 10.3. The minimum absolute atomic E-state index is 0.761. The Morgan fingerprint density at radius 1 is 1.58 bits per heavy atom. The van der Waals surface area contributed by atoms with Crippen molar-refractivity contribution in [3.8, 4) is 0 Å². The van der Waals surface area contributed by atoms with Crippen LogP contribution in [0, 0.1) is 0 Å². The second-order valence-electron chi connectivity index (χ2n) is 2.14. The van der Waals surface area contributed by atoms with E-state index in [1.807, 2.05) is 12.1 Å². The van der Waals surface area contributed by atoms with Crippen LogP contribution < -0.4 is 0 Å². The van der Waals surface area contributed by atoms with Crippen molar-refractivity contribution in [1.29, 1.82) is 0 Å². The Kier molecular flexibility index (Phi) is 3.41. The third-order valence-electron chi connectivity index (χ3n) is 1.30. The Labute approximate surface area is 75.3 Å². The van der Waals surface area contributed by atoms with Gasteiger partial charge in [-0.3, -0.25) is 9.79 Å². The number of carbonyl (C=O) groups excluding carboxylic acids is 1. The van der Waals surface area contributed by atoms with E-state index in [9.17, 15) is 4.79 Å². The van der Waals surface area contributed by atoms with Gasteiger partial charge in [0.2, 0.25) is 0 Å². The summed E-state index contributed by atoms with van der Waals surface area (Å²) in [4.78, 5) is 16.1. The van der Waals surface area contributed by atoms with Crippen molar-refractivity contribution < 1.29 is 4.79 Å². The predicted molar refractivity (Wildman–Crippen MR) is 52.1 cm³/mol. The zero-order valence-electron chi connectivity index (χ0n) is 6.56. The van der Waals surface area contributed by atoms with Gasteiger partial charge in [0.1, 0.15) is 0 Å². The van der Waals surface area contributed by atoms with Crippen LogP contribution in [0.15, 0.2) is 29.9 Å². The quantitative estimate of drug-likeness (QED) is 0.515. The maximum Gasteiger partial charge on any atom is 0.160 e. The molecule has 0 saturated heterocycles. The molecule has 1 aromatic rings. The fraction of sp³-hybridized carbons (Fsp3) is 0.111. The number of nitrogens with zero attached hydrogens (tertiary/aromatic N) is 1. The van der Waals surface area contributed by atoms with Crippen molar-refractivity contribution in [1.82, 2.24) is 0 Å². The molecule has 0 radical (unpaired) electrons. The van der Waals surface area contributed by atoms with Gasteiger partial charge in [-0.05, 0) is 12.1 Å². The van der Waals surface area contributed by atoms with Crippen molar-refractivity contribution in [3.63, 3.8) is 0 Å². The maximum absolute atomic E-state index is 10.3. The van der Waals surface area contributed by atoms with Gasteiger partial charge in [0, 0.05) is 23.7 Å². The summed E-state index contributed by atoms with van der Waals surface area (Å²) in [5.41, 5.74) is 0. The molecule has 1 heterocycles. The van der Waals surface area contributed by atoms with Gasteiger partial charge < -0.3 is 0 Å². The van der Waals surface area contributed by atoms with Crippen LogP contribution in [-0.2, 0) is 6.42 Å². The molecule has 0 aromatic carbocycles. The van der Waals surface area contributed by atoms with Crippen molar-refractivity contribution in [2.45, 2.75) is 6.42 Å². The second kappa shape index (κ2) is 4.62. The summed E-state index contributed by atoms with van der Waals surface area (Å²) in [7, 11) is 0. The lowest BCUT2D eigenvalue weighted by atomic mass is 10.3. The monoisotopic (exact) mass is 179 g/mol. The standard InChI is InChI=1S/C9H9NOS/c1-2-10-6-5-8-3-4-9(7-11)12-8/h2-4,6-7H,1,5H2. The van der Waals surface area contributed by atoms with E-state index in [0.29, 0.717) is 0 Å². The number of thiophene rings is 1. The van der Waals surface area contributed by atoms with Gasteiger partial charge in [0.15, 0.2) is 6.29 Å². The highest BCUT2D eigenvalue weighted by Crippen LogP contribution is 2.13. The van der Waals surface area contributed by atoms with Gasteiger partial charge in [-0.15, -0.1) is 11.3 Å². The first kappa shape index (κ1) is 8.87. The van der Waals surface area contributed by atoms with E-state index in [2.05, 4.69) is 11.6 Å². The van der Waals surface area contributed by atoms with E-state index in [-0.39, 0.29) is 0 Å². The summed E-state index contributed by atoms with van der Waals surface area (Å²) in [5.74, 6) is 0. The molecule has 3 heteroatoms. The minimum Gasteiger partial charge on any atom is -0.297 e. The number of aliphatic imine (C=N–C) groups is 1. The Balaban J connectivity index is 2.57. The van der Waals surface area contributed by atoms with E-state index >= 15 is 0 Å². The lowest BCUT2D eigenvalue weighted by molar-refractivity contribution is 0.112. The number of hydrogen-bond acceptors (Lipinski definition) is 3. The molecule has 0 aliphatic carbocycles. The molecule has 1 rings (SSSR count). The van der Waals surface area contributed by atoms with Crippen LogP contribution in [0.4, 0.5) is 0 Å². The van der Waals surface area contributed by atoms with E-state index in [4.69, 9.17) is 0 Å². The smallest absolute Gasteiger partial charge is 0.160 e. The van der Waals surface area contributed by atoms with E-state index < -0.39 is 0 Å². The van der Waals surface area contributed by atoms with Crippen molar-refractivity contribution >= 4 is 23.8 Å². The van der Waals surface area contributed by atoms with Crippen molar-refractivity contribution in [2.24, 2.45) is 4.99 Å². The Morgan fingerprint density at radius 3 is 3.00 bits per heavy atom. The fourth-order valence-electron chi connectivity index (χ4n) is 0.785. The van der Waals surface area contributed by atoms with Crippen LogP contribution in [0.1, 0.15) is 14.5 Å². The van der Waals surface area contributed by atoms with Gasteiger partial charge in [-0.2, -0.15) is 0 Å². The van der Waals surface area contributed by atoms with Crippen LogP contribution in [0.5, 0.6) is 0 Å². The topological polar surface area (TPSA) is 29.4 Å². The first-order valence-corrected chi connectivity index (χ1v) is 4.35. The Bertz CT molecular complexity index is 301. The molecular weight excluding hydrogens is 170 g/mol. The van der Waals surface area contributed by atoms with Crippen LogP contribution >= 0.6 is 11.3 Å². The molecule has 1 aromatic heterocycles. The van der Waals surface area contributed by atoms with Gasteiger partial charge in [-0.1, -0.05) is 6.58 Å². The average molecular weight is 179 g/mol. The molecule has 0 aliphatic heterocycles. The zero-order valence-corrected chi connectivity index (χ0v) is 7.38. The van der Waals surface area contributed by atoms with E-state index in [1.165, 1.54) is 17.5 Å². The number of carbonyl (C=O) groups is 1. The lowest BCUT2D eigenvalue weighted by Gasteiger charge is -1.84. The summed E-state index contributed by atoms with van der Waals surface area (Å²) >= 11 is 1.49. The first-order chi connectivity index (χ1) is 5.86. The molecule has 62 valence electrons. The summed E-state index contributed by atoms with van der Waals surface area (Å²) in [6.07, 6.45) is 4.89. The summed E-state index contributed by atoms with van der Waals surface area (Å²) in [5, 5.41) is 0. The summed E-state index contributed by atoms with van der Waals surface area (Å²) in [6, 6.07) is 3.75. The van der Waals surface area contributed by atoms with Crippen molar-refractivity contribution in [3.05, 3.63) is 34.7 Å². The van der Waals surface area contributed by atoms with E-state index in [0.717, 1.165) is 22.5 Å². The molecule has 0 atom stereocenters. The molecule has 0 bridgehead atoms. The third kappa shape index (κ3) is 2.43. The fourth-order valence-corrected chi connectivity index (χ4v) is 1.57. The van der Waals surface area contributed by atoms with Crippen LogP contribution in [0.3, 0.4) is 0 Å². The number of rotatable bonds is 4. The third-order valence-corrected chi connectivity index (χ3v) is 2.33. The molecule has 0 amide bonds. The zero-order chi connectivity index (χ0) is 8.81. The van der Waals surface area contributed by atoms with E-state index in [1.54, 1.807) is 6.21 Å². The summed E-state index contributed by atoms with van der Waals surface area (Å²) < 4.78 is 0. The van der Waals surface area contributed by atoms with Crippen LogP contribution in [-0.4, -0.2) is 12.5 Å². The minimum atomic E-state index is 0.761. The SMILES string of the molecule is C=CN=CCc1ccc(C=O)s1. The van der Waals surface area contributed by atoms with Crippen molar-refractivity contribution in [2.75, 3.05) is 0 Å². The largest absolute Gasteiger partial charge is 0.297 e. The van der Waals surface area contributed by atoms with Crippen LogP contribution in [0.25, 0.3) is 0 Å². The summed E-state index contributed by atoms with van der Waals surface area (Å²) in [6.45, 7) is 3.46. The lowest BCUT2D eigenvalue weighted by Crippen LogP contribution is -1.78. The normalized spacial score (nSPS) is 10.3. The highest BCUT2D eigenvalue weighted by atomic mass is 32.1. The predicted octanol–water partition coefficient (Wildman–Crippen LogP) is 2.32. The molecule has 0 fully saturated rings. The molecule has 0 aliphatic rings. The second-order valence-corrected chi connectivity index (χ2v) is 3.34. The molecule has 0 N–H and O–H groups in total. The van der Waals surface area contributed by atoms with Crippen LogP contribution in [0.2, 0.25) is 0 Å². The molecular formula is C9H9NOS. The molecule has 0 saturated carbocycles. The van der Waals surface area contributed by atoms with Gasteiger partial charge in [-0.25, -0.2) is 0 Å². The Hall–Kier alpha value is -1.22. The average Bonchev–Trinajstić information content (AvgIpc) is 2.53. The van der Waals surface area contributed by atoms with Gasteiger partial charge >= 0.3 is 0 Å².